The summed E-state index contributed by atoms with van der Waals surface area (Å²) < 4.78 is 5.16. The molecule has 1 aromatic rings. The van der Waals surface area contributed by atoms with E-state index in [1.807, 2.05) is 12.1 Å². The van der Waals surface area contributed by atoms with Gasteiger partial charge in [0.1, 0.15) is 6.10 Å². The van der Waals surface area contributed by atoms with E-state index in [0.717, 1.165) is 5.56 Å². The number of benzene rings is 1. The van der Waals surface area contributed by atoms with E-state index in [9.17, 15) is 9.59 Å². The molecular weight excluding hydrogens is 206 g/mol. The summed E-state index contributed by atoms with van der Waals surface area (Å²) >= 11 is 0. The second-order valence-electron chi connectivity index (χ2n) is 3.93. The van der Waals surface area contributed by atoms with Crippen LogP contribution < -0.4 is 0 Å². The Morgan fingerprint density at radius 3 is 2.44 bits per heavy atom. The second kappa shape index (κ2) is 3.96. The molecule has 1 atom stereocenters. The lowest BCUT2D eigenvalue weighted by atomic mass is 10.1. The van der Waals surface area contributed by atoms with Crippen LogP contribution >= 0.6 is 0 Å². The molecule has 0 bridgehead atoms. The lowest BCUT2D eigenvalue weighted by Crippen LogP contribution is -2.17. The molecule has 0 radical (unpaired) electrons. The monoisotopic (exact) mass is 219 g/mol. The van der Waals surface area contributed by atoms with Gasteiger partial charge in [0.25, 0.3) is 0 Å². The Labute approximate surface area is 93.8 Å². The predicted molar refractivity (Wildman–Crippen MR) is 58.3 cm³/mol. The molecule has 4 nitrogen and oxygen atoms in total. The van der Waals surface area contributed by atoms with E-state index in [1.165, 1.54) is 11.8 Å². The van der Waals surface area contributed by atoms with Crippen molar-refractivity contribution in [2.24, 2.45) is 0 Å². The molecular formula is C12H13NO3. The Kier molecular flexibility index (Phi) is 2.64. The Morgan fingerprint density at radius 1 is 1.38 bits per heavy atom. The third-order valence-electron chi connectivity index (χ3n) is 2.68. The molecule has 1 aromatic carbocycles. The van der Waals surface area contributed by atoms with Crippen molar-refractivity contribution in [3.63, 3.8) is 0 Å². The Morgan fingerprint density at radius 2 is 2.00 bits per heavy atom. The van der Waals surface area contributed by atoms with Gasteiger partial charge in [-0.3, -0.25) is 4.79 Å². The summed E-state index contributed by atoms with van der Waals surface area (Å²) in [6.45, 7) is 2.08. The number of likely N-dealkylation sites (N-methyl/N-ethyl adjacent to an activating group) is 1. The van der Waals surface area contributed by atoms with Gasteiger partial charge in [-0.15, -0.1) is 0 Å². The minimum Gasteiger partial charge on any atom is -0.439 e. The van der Waals surface area contributed by atoms with E-state index in [2.05, 4.69) is 0 Å². The topological polar surface area (TPSA) is 46.6 Å². The Hall–Kier alpha value is -1.84. The maximum atomic E-state index is 11.2. The summed E-state index contributed by atoms with van der Waals surface area (Å²) in [6, 6.07) is 7.16. The van der Waals surface area contributed by atoms with E-state index in [-0.39, 0.29) is 18.0 Å². The molecule has 0 saturated carbocycles. The van der Waals surface area contributed by atoms with Gasteiger partial charge in [0.15, 0.2) is 5.78 Å². The smallest absolute Gasteiger partial charge is 0.410 e. The predicted octanol–water partition coefficient (Wildman–Crippen LogP) is 2.01. The van der Waals surface area contributed by atoms with Crippen molar-refractivity contribution < 1.29 is 14.3 Å². The van der Waals surface area contributed by atoms with Crippen LogP contribution in [0, 0.1) is 0 Å². The van der Waals surface area contributed by atoms with Crippen LogP contribution in [0.15, 0.2) is 24.3 Å². The highest BCUT2D eigenvalue weighted by Crippen LogP contribution is 2.25. The summed E-state index contributed by atoms with van der Waals surface area (Å²) in [5, 5.41) is 0. The fourth-order valence-electron chi connectivity index (χ4n) is 1.68. The minimum absolute atomic E-state index is 0.0343. The molecule has 16 heavy (non-hydrogen) atoms. The highest BCUT2D eigenvalue weighted by atomic mass is 16.6. The van der Waals surface area contributed by atoms with Crippen molar-refractivity contribution >= 4 is 11.9 Å². The molecule has 0 aliphatic carbocycles. The molecule has 84 valence electrons. The number of Topliss-reactive ketones (excluding diaryl/α,β-unsaturated/α-hetero) is 1. The van der Waals surface area contributed by atoms with Crippen LogP contribution in [0.25, 0.3) is 0 Å². The summed E-state index contributed by atoms with van der Waals surface area (Å²) in [4.78, 5) is 23.8. The van der Waals surface area contributed by atoms with Crippen molar-refractivity contribution in [3.05, 3.63) is 35.4 Å². The van der Waals surface area contributed by atoms with Gasteiger partial charge < -0.3 is 9.64 Å². The number of carbonyl (C=O) groups excluding carboxylic acids is 2. The first-order chi connectivity index (χ1) is 7.58. The van der Waals surface area contributed by atoms with Crippen molar-refractivity contribution in [1.29, 1.82) is 0 Å². The molecule has 4 heteroatoms. The molecule has 1 saturated heterocycles. The fourth-order valence-corrected chi connectivity index (χ4v) is 1.68. The largest absolute Gasteiger partial charge is 0.439 e. The highest BCUT2D eigenvalue weighted by molar-refractivity contribution is 5.94. The molecule has 0 spiro atoms. The zero-order valence-electron chi connectivity index (χ0n) is 9.27. The summed E-state index contributed by atoms with van der Waals surface area (Å²) in [6.07, 6.45) is -0.529. The molecule has 2 rings (SSSR count). The first-order valence-electron chi connectivity index (χ1n) is 5.10. The number of rotatable bonds is 2. The summed E-state index contributed by atoms with van der Waals surface area (Å²) in [5.74, 6) is 0.0343. The fraction of sp³-hybridized carbons (Fsp3) is 0.333. The standard InChI is InChI=1S/C12H13NO3/c1-8(14)9-3-5-10(6-4-9)11-7-13(2)12(15)16-11/h3-6,11H,7H2,1-2H3. The van der Waals surface area contributed by atoms with Crippen LogP contribution in [-0.4, -0.2) is 30.4 Å². The van der Waals surface area contributed by atoms with E-state index in [1.54, 1.807) is 19.2 Å². The Bertz CT molecular complexity index is 424. The molecule has 0 N–H and O–H groups in total. The SMILES string of the molecule is CC(=O)c1ccc(C2CN(C)C(=O)O2)cc1. The average Bonchev–Trinajstić information content (AvgIpc) is 2.59. The van der Waals surface area contributed by atoms with E-state index in [4.69, 9.17) is 4.74 Å². The van der Waals surface area contributed by atoms with Crippen molar-refractivity contribution in [2.45, 2.75) is 13.0 Å². The van der Waals surface area contributed by atoms with E-state index in [0.29, 0.717) is 12.1 Å². The lowest BCUT2D eigenvalue weighted by molar-refractivity contribution is 0.101. The molecule has 1 amide bonds. The van der Waals surface area contributed by atoms with Crippen LogP contribution in [0.3, 0.4) is 0 Å². The number of hydrogen-bond acceptors (Lipinski definition) is 3. The van der Waals surface area contributed by atoms with E-state index >= 15 is 0 Å². The van der Waals surface area contributed by atoms with Gasteiger partial charge in [0.2, 0.25) is 0 Å². The number of amides is 1. The molecule has 1 unspecified atom stereocenters. The minimum atomic E-state index is -0.305. The molecule has 1 aliphatic rings. The van der Waals surface area contributed by atoms with E-state index < -0.39 is 0 Å². The van der Waals surface area contributed by atoms with Gasteiger partial charge >= 0.3 is 6.09 Å². The number of cyclic esters (lactones) is 1. The first-order valence-corrected chi connectivity index (χ1v) is 5.10. The van der Waals surface area contributed by atoms with Gasteiger partial charge in [0, 0.05) is 12.6 Å². The zero-order chi connectivity index (χ0) is 11.7. The van der Waals surface area contributed by atoms with Crippen LogP contribution in [0.1, 0.15) is 28.9 Å². The summed E-state index contributed by atoms with van der Waals surface area (Å²) in [5.41, 5.74) is 1.59. The molecule has 1 fully saturated rings. The van der Waals surface area contributed by atoms with Gasteiger partial charge in [0.05, 0.1) is 6.54 Å². The number of hydrogen-bond donors (Lipinski definition) is 0. The van der Waals surface area contributed by atoms with Gasteiger partial charge in [-0.25, -0.2) is 4.79 Å². The number of carbonyl (C=O) groups is 2. The van der Waals surface area contributed by atoms with Crippen molar-refractivity contribution in [2.75, 3.05) is 13.6 Å². The van der Waals surface area contributed by atoms with Crippen LogP contribution in [0.2, 0.25) is 0 Å². The van der Waals surface area contributed by atoms with Gasteiger partial charge in [-0.1, -0.05) is 24.3 Å². The summed E-state index contributed by atoms with van der Waals surface area (Å²) in [7, 11) is 1.70. The first kappa shape index (κ1) is 10.7. The van der Waals surface area contributed by atoms with Gasteiger partial charge in [-0.2, -0.15) is 0 Å². The molecule has 1 aliphatic heterocycles. The third kappa shape index (κ3) is 1.91. The van der Waals surface area contributed by atoms with Crippen LogP contribution in [0.4, 0.5) is 4.79 Å². The number of nitrogens with zero attached hydrogens (tertiary/aromatic N) is 1. The maximum Gasteiger partial charge on any atom is 0.410 e. The second-order valence-corrected chi connectivity index (χ2v) is 3.93. The zero-order valence-corrected chi connectivity index (χ0v) is 9.27. The number of ketones is 1. The van der Waals surface area contributed by atoms with Crippen LogP contribution in [-0.2, 0) is 4.74 Å². The lowest BCUT2D eigenvalue weighted by Gasteiger charge is -2.08. The normalized spacial score (nSPS) is 19.8. The van der Waals surface area contributed by atoms with Crippen LogP contribution in [0.5, 0.6) is 0 Å². The number of ether oxygens (including phenoxy) is 1. The average molecular weight is 219 g/mol. The van der Waals surface area contributed by atoms with Crippen molar-refractivity contribution in [3.8, 4) is 0 Å². The van der Waals surface area contributed by atoms with Gasteiger partial charge in [-0.05, 0) is 12.5 Å². The Balaban J connectivity index is 2.17. The quantitative estimate of drug-likeness (QED) is 0.715. The molecule has 0 aromatic heterocycles. The third-order valence-corrected chi connectivity index (χ3v) is 2.68. The highest BCUT2D eigenvalue weighted by Gasteiger charge is 2.29. The molecule has 1 heterocycles. The maximum absolute atomic E-state index is 11.2. The van der Waals surface area contributed by atoms with Crippen molar-refractivity contribution in [1.82, 2.24) is 4.90 Å².